The molecule has 1 heterocycles. The lowest BCUT2D eigenvalue weighted by atomic mass is 9.92. The lowest BCUT2D eigenvalue weighted by Gasteiger charge is -2.31. The van der Waals surface area contributed by atoms with Gasteiger partial charge in [0.2, 0.25) is 0 Å². The number of hydrogen-bond acceptors (Lipinski definition) is 6. The van der Waals surface area contributed by atoms with Crippen molar-refractivity contribution >= 4 is 11.9 Å². The van der Waals surface area contributed by atoms with E-state index >= 15 is 0 Å². The normalized spacial score (nSPS) is 25.7. The van der Waals surface area contributed by atoms with E-state index in [4.69, 9.17) is 4.74 Å². The minimum atomic E-state index is -4.47. The largest absolute Gasteiger partial charge is 0.464 e. The highest BCUT2D eigenvalue weighted by molar-refractivity contribution is 5.86. The van der Waals surface area contributed by atoms with E-state index in [0.717, 1.165) is 18.9 Å². The van der Waals surface area contributed by atoms with Crippen molar-refractivity contribution < 1.29 is 32.2 Å². The summed E-state index contributed by atoms with van der Waals surface area (Å²) in [5, 5.41) is 7.78. The third-order valence-electron chi connectivity index (χ3n) is 5.94. The molecule has 31 heavy (non-hydrogen) atoms. The monoisotopic (exact) mass is 437 g/mol. The zero-order valence-corrected chi connectivity index (χ0v) is 16.8. The summed E-state index contributed by atoms with van der Waals surface area (Å²) in [6.45, 7) is 0. The fourth-order valence-electron chi connectivity index (χ4n) is 4.27. The van der Waals surface area contributed by atoms with Gasteiger partial charge in [0.15, 0.2) is 5.69 Å². The first-order valence-corrected chi connectivity index (χ1v) is 10.2. The second-order valence-corrected chi connectivity index (χ2v) is 7.94. The maximum atomic E-state index is 13.3. The Labute approximate surface area is 176 Å². The molecule has 0 aliphatic heterocycles. The number of esters is 2. The molecule has 4 unspecified atom stereocenters. The molecule has 166 valence electrons. The van der Waals surface area contributed by atoms with Crippen LogP contribution in [0.1, 0.15) is 65.7 Å². The second-order valence-electron chi connectivity index (χ2n) is 7.94. The zero-order valence-electron chi connectivity index (χ0n) is 16.8. The van der Waals surface area contributed by atoms with Crippen molar-refractivity contribution in [1.82, 2.24) is 15.0 Å². The smallest absolute Gasteiger partial charge is 0.416 e. The minimum absolute atomic E-state index is 0.0594. The molecule has 4 atom stereocenters. The molecule has 2 saturated carbocycles. The van der Waals surface area contributed by atoms with Crippen molar-refractivity contribution in [3.05, 3.63) is 47.3 Å². The van der Waals surface area contributed by atoms with Crippen LogP contribution in [0.2, 0.25) is 0 Å². The summed E-state index contributed by atoms with van der Waals surface area (Å²) >= 11 is 0. The number of carbonyl (C=O) groups is 2. The van der Waals surface area contributed by atoms with E-state index in [0.29, 0.717) is 19.3 Å². The van der Waals surface area contributed by atoms with Crippen molar-refractivity contribution in [3.8, 4) is 0 Å². The summed E-state index contributed by atoms with van der Waals surface area (Å²) in [6.07, 6.45) is -0.0939. The van der Waals surface area contributed by atoms with Gasteiger partial charge in [0, 0.05) is 0 Å². The van der Waals surface area contributed by atoms with Crippen LogP contribution in [0.25, 0.3) is 0 Å². The van der Waals surface area contributed by atoms with Gasteiger partial charge >= 0.3 is 18.1 Å². The molecular formula is C21H22F3N3O4. The lowest BCUT2D eigenvalue weighted by molar-refractivity contribution is -0.155. The summed E-state index contributed by atoms with van der Waals surface area (Å²) in [5.74, 6) is -2.19. The van der Waals surface area contributed by atoms with Crippen molar-refractivity contribution in [2.24, 2.45) is 5.92 Å². The number of hydrogen-bond donors (Lipinski definition) is 0. The van der Waals surface area contributed by atoms with Gasteiger partial charge in [-0.15, -0.1) is 5.10 Å². The number of halogens is 3. The average molecular weight is 437 g/mol. The first-order chi connectivity index (χ1) is 14.8. The molecule has 2 fully saturated rings. The average Bonchev–Trinajstić information content (AvgIpc) is 3.41. The van der Waals surface area contributed by atoms with Gasteiger partial charge in [-0.1, -0.05) is 29.8 Å². The maximum absolute atomic E-state index is 13.3. The maximum Gasteiger partial charge on any atom is 0.416 e. The molecule has 0 saturated heterocycles. The molecule has 0 bridgehead atoms. The van der Waals surface area contributed by atoms with E-state index < -0.39 is 41.6 Å². The topological polar surface area (TPSA) is 83.3 Å². The Hall–Kier alpha value is -2.91. The van der Waals surface area contributed by atoms with E-state index in [1.165, 1.54) is 30.1 Å². The number of alkyl halides is 3. The standard InChI is InChI=1S/C21H22F3N3O4/c1-30-20(29)16-11-27(26-25-16)17-8-4-5-9-18(17)31-19(28)14-10-13(14)12-6-2-3-7-15(12)21(22,23)24/h2-3,6-7,11,13-14,17-18H,4-5,8-10H2,1H3. The number of aromatic nitrogens is 3. The van der Waals surface area contributed by atoms with Crippen LogP contribution < -0.4 is 0 Å². The molecule has 7 nitrogen and oxygen atoms in total. The highest BCUT2D eigenvalue weighted by Crippen LogP contribution is 2.52. The van der Waals surface area contributed by atoms with Crippen molar-refractivity contribution in [2.45, 2.75) is 56.3 Å². The Morgan fingerprint density at radius 3 is 2.65 bits per heavy atom. The van der Waals surface area contributed by atoms with Gasteiger partial charge in [-0.25, -0.2) is 9.48 Å². The molecule has 1 aromatic heterocycles. The Bertz CT molecular complexity index is 975. The number of ether oxygens (including phenoxy) is 2. The molecular weight excluding hydrogens is 415 g/mol. The predicted octanol–water partition coefficient (Wildman–Crippen LogP) is 3.91. The van der Waals surface area contributed by atoms with Crippen LogP contribution in [0.3, 0.4) is 0 Å². The van der Waals surface area contributed by atoms with Crippen LogP contribution in [-0.2, 0) is 20.4 Å². The van der Waals surface area contributed by atoms with Gasteiger partial charge in [-0.3, -0.25) is 4.79 Å². The van der Waals surface area contributed by atoms with E-state index in [9.17, 15) is 22.8 Å². The van der Waals surface area contributed by atoms with E-state index in [2.05, 4.69) is 15.0 Å². The molecule has 0 N–H and O–H groups in total. The molecule has 1 aromatic carbocycles. The molecule has 10 heteroatoms. The molecule has 0 amide bonds. The molecule has 2 aliphatic carbocycles. The van der Waals surface area contributed by atoms with Crippen LogP contribution in [0, 0.1) is 5.92 Å². The summed E-state index contributed by atoms with van der Waals surface area (Å²) in [4.78, 5) is 24.4. The van der Waals surface area contributed by atoms with Gasteiger partial charge in [0.1, 0.15) is 6.10 Å². The van der Waals surface area contributed by atoms with Crippen LogP contribution in [0.15, 0.2) is 30.5 Å². The molecule has 4 rings (SSSR count). The summed E-state index contributed by atoms with van der Waals surface area (Å²) in [6, 6.07) is 5.06. The number of methoxy groups -OCH3 is 1. The van der Waals surface area contributed by atoms with Gasteiger partial charge in [0.05, 0.1) is 30.8 Å². The second kappa shape index (κ2) is 8.32. The Morgan fingerprint density at radius 2 is 1.90 bits per heavy atom. The van der Waals surface area contributed by atoms with Crippen molar-refractivity contribution in [1.29, 1.82) is 0 Å². The van der Waals surface area contributed by atoms with E-state index in [-0.39, 0.29) is 17.3 Å². The number of benzene rings is 1. The van der Waals surface area contributed by atoms with Crippen LogP contribution >= 0.6 is 0 Å². The predicted molar refractivity (Wildman–Crippen MR) is 101 cm³/mol. The highest BCUT2D eigenvalue weighted by atomic mass is 19.4. The Kier molecular flexibility index (Phi) is 5.72. The van der Waals surface area contributed by atoms with E-state index in [1.807, 2.05) is 0 Å². The summed E-state index contributed by atoms with van der Waals surface area (Å²) in [7, 11) is 1.25. The SMILES string of the molecule is COC(=O)c1cn(C2CCCCC2OC(=O)C2CC2c2ccccc2C(F)(F)F)nn1. The van der Waals surface area contributed by atoms with Gasteiger partial charge in [0.25, 0.3) is 0 Å². The van der Waals surface area contributed by atoms with Gasteiger partial charge in [-0.2, -0.15) is 13.2 Å². The first-order valence-electron chi connectivity index (χ1n) is 10.2. The molecule has 0 spiro atoms. The molecule has 0 radical (unpaired) electrons. The van der Waals surface area contributed by atoms with Crippen LogP contribution in [0.5, 0.6) is 0 Å². The fourth-order valence-corrected chi connectivity index (χ4v) is 4.27. The quantitative estimate of drug-likeness (QED) is 0.660. The third-order valence-corrected chi connectivity index (χ3v) is 5.94. The summed E-state index contributed by atoms with van der Waals surface area (Å²) in [5.41, 5.74) is -0.510. The van der Waals surface area contributed by atoms with Crippen molar-refractivity contribution in [2.75, 3.05) is 7.11 Å². The minimum Gasteiger partial charge on any atom is -0.464 e. The number of carbonyl (C=O) groups excluding carboxylic acids is 2. The third kappa shape index (κ3) is 4.42. The van der Waals surface area contributed by atoms with Crippen LogP contribution in [-0.4, -0.2) is 40.1 Å². The van der Waals surface area contributed by atoms with Crippen molar-refractivity contribution in [3.63, 3.8) is 0 Å². The van der Waals surface area contributed by atoms with Gasteiger partial charge < -0.3 is 9.47 Å². The lowest BCUT2D eigenvalue weighted by Crippen LogP contribution is -2.33. The highest BCUT2D eigenvalue weighted by Gasteiger charge is 2.49. The molecule has 2 aromatic rings. The number of nitrogens with zero attached hydrogens (tertiary/aromatic N) is 3. The number of rotatable bonds is 5. The summed E-state index contributed by atoms with van der Waals surface area (Å²) < 4.78 is 51.8. The Morgan fingerprint density at radius 1 is 1.16 bits per heavy atom. The molecule has 2 aliphatic rings. The Balaban J connectivity index is 1.45. The van der Waals surface area contributed by atoms with Crippen LogP contribution in [0.4, 0.5) is 13.2 Å². The zero-order chi connectivity index (χ0) is 22.2. The van der Waals surface area contributed by atoms with E-state index in [1.54, 1.807) is 6.07 Å². The first kappa shape index (κ1) is 21.3. The fraction of sp³-hybridized carbons (Fsp3) is 0.524. The van der Waals surface area contributed by atoms with Gasteiger partial charge in [-0.05, 0) is 43.2 Å².